The first kappa shape index (κ1) is 16.6. The SMILES string of the molecule is O=C(NCC(O)c1ccccc1)c1csc(-c2cccc(Cl)c2)n1. The summed E-state index contributed by atoms with van der Waals surface area (Å²) in [4.78, 5) is 16.5. The Balaban J connectivity index is 1.64. The Morgan fingerprint density at radius 3 is 2.75 bits per heavy atom. The van der Waals surface area contributed by atoms with Crippen LogP contribution in [-0.2, 0) is 0 Å². The molecule has 0 fully saturated rings. The lowest BCUT2D eigenvalue weighted by Crippen LogP contribution is -2.28. The zero-order valence-corrected chi connectivity index (χ0v) is 14.2. The number of aliphatic hydroxyl groups is 1. The normalized spacial score (nSPS) is 11.9. The molecule has 2 N–H and O–H groups in total. The molecule has 122 valence electrons. The molecule has 1 heterocycles. The molecule has 0 aliphatic heterocycles. The van der Waals surface area contributed by atoms with Crippen LogP contribution in [0.15, 0.2) is 60.0 Å². The molecule has 1 atom stereocenters. The van der Waals surface area contributed by atoms with Crippen LogP contribution in [0.4, 0.5) is 0 Å². The number of nitrogens with one attached hydrogen (secondary N) is 1. The van der Waals surface area contributed by atoms with Gasteiger partial charge < -0.3 is 10.4 Å². The number of nitrogens with zero attached hydrogens (tertiary/aromatic N) is 1. The highest BCUT2D eigenvalue weighted by Gasteiger charge is 2.14. The Bertz CT molecular complexity index is 836. The van der Waals surface area contributed by atoms with Gasteiger partial charge in [-0.1, -0.05) is 54.1 Å². The van der Waals surface area contributed by atoms with Gasteiger partial charge in [0.15, 0.2) is 0 Å². The summed E-state index contributed by atoms with van der Waals surface area (Å²) in [6.45, 7) is 0.132. The Hall–Kier alpha value is -2.21. The minimum Gasteiger partial charge on any atom is -0.387 e. The van der Waals surface area contributed by atoms with Crippen LogP contribution in [-0.4, -0.2) is 22.5 Å². The minimum absolute atomic E-state index is 0.132. The number of hydrogen-bond acceptors (Lipinski definition) is 4. The highest BCUT2D eigenvalue weighted by molar-refractivity contribution is 7.13. The van der Waals surface area contributed by atoms with Crippen LogP contribution in [0.5, 0.6) is 0 Å². The number of benzene rings is 2. The lowest BCUT2D eigenvalue weighted by atomic mass is 10.1. The van der Waals surface area contributed by atoms with Crippen molar-refractivity contribution in [1.82, 2.24) is 10.3 Å². The van der Waals surface area contributed by atoms with E-state index >= 15 is 0 Å². The number of carbonyl (C=O) groups excluding carboxylic acids is 1. The van der Waals surface area contributed by atoms with Gasteiger partial charge in [-0.15, -0.1) is 11.3 Å². The highest BCUT2D eigenvalue weighted by atomic mass is 35.5. The molecule has 0 spiro atoms. The summed E-state index contributed by atoms with van der Waals surface area (Å²) < 4.78 is 0. The van der Waals surface area contributed by atoms with Crippen LogP contribution in [0, 0.1) is 0 Å². The van der Waals surface area contributed by atoms with Crippen molar-refractivity contribution >= 4 is 28.8 Å². The quantitative estimate of drug-likeness (QED) is 0.726. The Kier molecular flexibility index (Phi) is 5.25. The van der Waals surface area contributed by atoms with E-state index < -0.39 is 6.10 Å². The fourth-order valence-corrected chi connectivity index (χ4v) is 3.19. The largest absolute Gasteiger partial charge is 0.387 e. The maximum Gasteiger partial charge on any atom is 0.270 e. The first-order valence-corrected chi connectivity index (χ1v) is 8.62. The summed E-state index contributed by atoms with van der Waals surface area (Å²) in [5.74, 6) is -0.311. The standard InChI is InChI=1S/C18H15ClN2O2S/c19-14-8-4-7-13(9-14)18-21-15(11-24-18)17(23)20-10-16(22)12-5-2-1-3-6-12/h1-9,11,16,22H,10H2,(H,20,23). The van der Waals surface area contributed by atoms with Crippen LogP contribution in [0.25, 0.3) is 10.6 Å². The average Bonchev–Trinajstić information content (AvgIpc) is 3.10. The van der Waals surface area contributed by atoms with Crippen molar-refractivity contribution in [2.24, 2.45) is 0 Å². The van der Waals surface area contributed by atoms with E-state index in [4.69, 9.17) is 11.6 Å². The van der Waals surface area contributed by atoms with E-state index in [9.17, 15) is 9.90 Å². The van der Waals surface area contributed by atoms with Gasteiger partial charge in [0.1, 0.15) is 10.7 Å². The molecule has 0 bridgehead atoms. The van der Waals surface area contributed by atoms with E-state index in [-0.39, 0.29) is 12.5 Å². The molecule has 0 aliphatic rings. The molecule has 4 nitrogen and oxygen atoms in total. The predicted octanol–water partition coefficient (Wildman–Crippen LogP) is 3.93. The van der Waals surface area contributed by atoms with E-state index in [0.717, 1.165) is 16.1 Å². The fraction of sp³-hybridized carbons (Fsp3) is 0.111. The van der Waals surface area contributed by atoms with Gasteiger partial charge in [-0.2, -0.15) is 0 Å². The zero-order chi connectivity index (χ0) is 16.9. The predicted molar refractivity (Wildman–Crippen MR) is 96.3 cm³/mol. The van der Waals surface area contributed by atoms with Crippen LogP contribution in [0.2, 0.25) is 5.02 Å². The van der Waals surface area contributed by atoms with Crippen molar-refractivity contribution in [3.63, 3.8) is 0 Å². The maximum absolute atomic E-state index is 12.2. The third kappa shape index (κ3) is 4.00. The molecular formula is C18H15ClN2O2S. The highest BCUT2D eigenvalue weighted by Crippen LogP contribution is 2.26. The number of hydrogen-bond donors (Lipinski definition) is 2. The second-order valence-corrected chi connectivity index (χ2v) is 6.48. The lowest BCUT2D eigenvalue weighted by molar-refractivity contribution is 0.0912. The number of carbonyl (C=O) groups is 1. The van der Waals surface area contributed by atoms with Gasteiger partial charge in [-0.3, -0.25) is 4.79 Å². The third-order valence-electron chi connectivity index (χ3n) is 3.45. The second-order valence-electron chi connectivity index (χ2n) is 5.18. The van der Waals surface area contributed by atoms with Gasteiger partial charge in [0.25, 0.3) is 5.91 Å². The van der Waals surface area contributed by atoms with Gasteiger partial charge in [0, 0.05) is 22.5 Å². The molecule has 0 saturated heterocycles. The lowest BCUT2D eigenvalue weighted by Gasteiger charge is -2.11. The Morgan fingerprint density at radius 1 is 1.21 bits per heavy atom. The third-order valence-corrected chi connectivity index (χ3v) is 4.58. The summed E-state index contributed by atoms with van der Waals surface area (Å²) in [7, 11) is 0. The molecule has 24 heavy (non-hydrogen) atoms. The molecular weight excluding hydrogens is 344 g/mol. The summed E-state index contributed by atoms with van der Waals surface area (Å²) in [5.41, 5.74) is 1.96. The van der Waals surface area contributed by atoms with E-state index in [1.807, 2.05) is 42.5 Å². The van der Waals surface area contributed by atoms with E-state index in [1.165, 1.54) is 11.3 Å². The molecule has 0 radical (unpaired) electrons. The van der Waals surface area contributed by atoms with E-state index in [1.54, 1.807) is 17.5 Å². The number of amides is 1. The van der Waals surface area contributed by atoms with Gasteiger partial charge in [0.05, 0.1) is 6.10 Å². The van der Waals surface area contributed by atoms with Gasteiger partial charge in [-0.25, -0.2) is 4.98 Å². The van der Waals surface area contributed by atoms with Crippen molar-refractivity contribution in [1.29, 1.82) is 0 Å². The second kappa shape index (κ2) is 7.57. The molecule has 3 rings (SSSR count). The van der Waals surface area contributed by atoms with E-state index in [2.05, 4.69) is 10.3 Å². The monoisotopic (exact) mass is 358 g/mol. The summed E-state index contributed by atoms with van der Waals surface area (Å²) in [6, 6.07) is 16.5. The smallest absolute Gasteiger partial charge is 0.270 e. The molecule has 1 unspecified atom stereocenters. The number of aliphatic hydroxyl groups excluding tert-OH is 1. The maximum atomic E-state index is 12.2. The van der Waals surface area contributed by atoms with Gasteiger partial charge in [0.2, 0.25) is 0 Å². The Morgan fingerprint density at radius 2 is 2.00 bits per heavy atom. The number of aromatic nitrogens is 1. The first-order chi connectivity index (χ1) is 11.6. The molecule has 0 saturated carbocycles. The zero-order valence-electron chi connectivity index (χ0n) is 12.6. The molecule has 1 amide bonds. The molecule has 1 aromatic heterocycles. The van der Waals surface area contributed by atoms with Crippen LogP contribution in [0.1, 0.15) is 22.2 Å². The topological polar surface area (TPSA) is 62.2 Å². The van der Waals surface area contributed by atoms with Gasteiger partial charge in [-0.05, 0) is 17.7 Å². The van der Waals surface area contributed by atoms with E-state index in [0.29, 0.717) is 10.7 Å². The molecule has 3 aromatic rings. The molecule has 6 heteroatoms. The number of thiazole rings is 1. The minimum atomic E-state index is -0.749. The van der Waals surface area contributed by atoms with Crippen LogP contribution >= 0.6 is 22.9 Å². The summed E-state index contributed by atoms with van der Waals surface area (Å²) in [5, 5.41) is 15.8. The summed E-state index contributed by atoms with van der Waals surface area (Å²) >= 11 is 7.35. The molecule has 2 aromatic carbocycles. The van der Waals surface area contributed by atoms with Crippen molar-refractivity contribution in [2.45, 2.75) is 6.10 Å². The van der Waals surface area contributed by atoms with Gasteiger partial charge >= 0.3 is 0 Å². The van der Waals surface area contributed by atoms with Crippen molar-refractivity contribution in [3.8, 4) is 10.6 Å². The number of rotatable bonds is 5. The van der Waals surface area contributed by atoms with Crippen molar-refractivity contribution < 1.29 is 9.90 Å². The Labute approximate surface area is 148 Å². The fourth-order valence-electron chi connectivity index (χ4n) is 2.21. The van der Waals surface area contributed by atoms with Crippen LogP contribution in [0.3, 0.4) is 0 Å². The van der Waals surface area contributed by atoms with Crippen LogP contribution < -0.4 is 5.32 Å². The van der Waals surface area contributed by atoms with Crippen molar-refractivity contribution in [2.75, 3.05) is 6.54 Å². The number of halogens is 1. The summed E-state index contributed by atoms with van der Waals surface area (Å²) in [6.07, 6.45) is -0.749. The first-order valence-electron chi connectivity index (χ1n) is 7.36. The average molecular weight is 359 g/mol. The van der Waals surface area contributed by atoms with Crippen molar-refractivity contribution in [3.05, 3.63) is 76.3 Å². The molecule has 0 aliphatic carbocycles.